The van der Waals surface area contributed by atoms with Crippen LogP contribution in [0, 0.1) is 11.6 Å². The van der Waals surface area contributed by atoms with Crippen LogP contribution in [-0.4, -0.2) is 15.9 Å². The molecule has 1 aliphatic carbocycles. The molecular formula is C14H12F2N2O2. The van der Waals surface area contributed by atoms with Crippen molar-refractivity contribution in [3.63, 3.8) is 0 Å². The van der Waals surface area contributed by atoms with E-state index in [-0.39, 0.29) is 18.1 Å². The summed E-state index contributed by atoms with van der Waals surface area (Å²) in [4.78, 5) is 15.8. The molecule has 0 saturated heterocycles. The minimum Gasteiger partial charge on any atom is -0.339 e. The number of nitrogens with zero attached hydrogens (tertiary/aromatic N) is 2. The second-order valence-corrected chi connectivity index (χ2v) is 4.91. The van der Waals surface area contributed by atoms with Crippen LogP contribution in [0.4, 0.5) is 8.78 Å². The molecule has 4 nitrogen and oxygen atoms in total. The van der Waals surface area contributed by atoms with Crippen molar-refractivity contribution < 1.29 is 18.1 Å². The van der Waals surface area contributed by atoms with Crippen molar-refractivity contribution in [3.05, 3.63) is 47.1 Å². The van der Waals surface area contributed by atoms with Crippen molar-refractivity contribution in [2.24, 2.45) is 0 Å². The molecule has 1 heterocycles. The summed E-state index contributed by atoms with van der Waals surface area (Å²) in [5, 5.41) is 3.77. The summed E-state index contributed by atoms with van der Waals surface area (Å²) in [6, 6.07) is 3.25. The Kier molecular flexibility index (Phi) is 3.30. The third kappa shape index (κ3) is 2.59. The Hall–Kier alpha value is -2.11. The Balaban J connectivity index is 1.78. The molecule has 1 aromatic carbocycles. The normalized spacial score (nSPS) is 18.7. The van der Waals surface area contributed by atoms with Crippen molar-refractivity contribution in [2.75, 3.05) is 0 Å². The predicted octanol–water partition coefficient (Wildman–Crippen LogP) is 2.78. The van der Waals surface area contributed by atoms with Crippen molar-refractivity contribution in [1.29, 1.82) is 0 Å². The summed E-state index contributed by atoms with van der Waals surface area (Å²) in [6.45, 7) is 0. The van der Waals surface area contributed by atoms with Gasteiger partial charge in [-0.3, -0.25) is 4.79 Å². The van der Waals surface area contributed by atoms with Gasteiger partial charge >= 0.3 is 0 Å². The van der Waals surface area contributed by atoms with E-state index in [1.54, 1.807) is 0 Å². The fraction of sp³-hybridized carbons (Fsp3) is 0.357. The molecule has 1 atom stereocenters. The third-order valence-corrected chi connectivity index (χ3v) is 3.37. The maximum Gasteiger partial charge on any atom is 0.237 e. The molecule has 1 unspecified atom stereocenters. The molecule has 20 heavy (non-hydrogen) atoms. The zero-order valence-electron chi connectivity index (χ0n) is 10.6. The molecule has 1 aromatic heterocycles. The summed E-state index contributed by atoms with van der Waals surface area (Å²) >= 11 is 0. The SMILES string of the molecule is O=C1CCCC1c1nc(Cc2cc(F)cc(F)c2)no1. The maximum atomic E-state index is 13.1. The molecule has 0 bridgehead atoms. The van der Waals surface area contributed by atoms with Gasteiger partial charge in [0, 0.05) is 18.9 Å². The minimum atomic E-state index is -0.644. The zero-order chi connectivity index (χ0) is 14.1. The highest BCUT2D eigenvalue weighted by Crippen LogP contribution is 2.30. The Labute approximate surface area is 113 Å². The van der Waals surface area contributed by atoms with Gasteiger partial charge in [0.1, 0.15) is 17.4 Å². The molecule has 3 rings (SSSR count). The summed E-state index contributed by atoms with van der Waals surface area (Å²) in [6.07, 6.45) is 2.25. The molecule has 6 heteroatoms. The number of aromatic nitrogens is 2. The molecule has 0 radical (unpaired) electrons. The molecule has 1 aliphatic rings. The van der Waals surface area contributed by atoms with Crippen LogP contribution >= 0.6 is 0 Å². The Morgan fingerprint density at radius 1 is 1.25 bits per heavy atom. The van der Waals surface area contributed by atoms with E-state index in [2.05, 4.69) is 10.1 Å². The van der Waals surface area contributed by atoms with Crippen molar-refractivity contribution in [3.8, 4) is 0 Å². The first kappa shape index (κ1) is 12.9. The lowest BCUT2D eigenvalue weighted by Gasteiger charge is -1.99. The summed E-state index contributed by atoms with van der Waals surface area (Å²) in [5.74, 6) is -0.869. The highest BCUT2D eigenvalue weighted by molar-refractivity contribution is 5.86. The van der Waals surface area contributed by atoms with Crippen LogP contribution in [0.25, 0.3) is 0 Å². The fourth-order valence-corrected chi connectivity index (χ4v) is 2.45. The van der Waals surface area contributed by atoms with Gasteiger partial charge < -0.3 is 4.52 Å². The smallest absolute Gasteiger partial charge is 0.237 e. The highest BCUT2D eigenvalue weighted by Gasteiger charge is 2.30. The summed E-state index contributed by atoms with van der Waals surface area (Å²) in [5.41, 5.74) is 0.424. The van der Waals surface area contributed by atoms with Crippen molar-refractivity contribution >= 4 is 5.78 Å². The van der Waals surface area contributed by atoms with E-state index in [1.165, 1.54) is 12.1 Å². The number of carbonyl (C=O) groups is 1. The molecule has 0 aliphatic heterocycles. The van der Waals surface area contributed by atoms with E-state index >= 15 is 0 Å². The quantitative estimate of drug-likeness (QED) is 0.866. The summed E-state index contributed by atoms with van der Waals surface area (Å²) < 4.78 is 31.3. The van der Waals surface area contributed by atoms with Crippen LogP contribution in [0.15, 0.2) is 22.7 Å². The fourth-order valence-electron chi connectivity index (χ4n) is 2.45. The Morgan fingerprint density at radius 2 is 2.00 bits per heavy atom. The summed E-state index contributed by atoms with van der Waals surface area (Å²) in [7, 11) is 0. The van der Waals surface area contributed by atoms with Gasteiger partial charge in [0.15, 0.2) is 5.82 Å². The molecule has 1 saturated carbocycles. The minimum absolute atomic E-state index is 0.108. The number of hydrogen-bond donors (Lipinski definition) is 0. The van der Waals surface area contributed by atoms with Crippen molar-refractivity contribution in [2.45, 2.75) is 31.6 Å². The first-order chi connectivity index (χ1) is 9.61. The van der Waals surface area contributed by atoms with Gasteiger partial charge in [-0.1, -0.05) is 5.16 Å². The number of ketones is 1. The van der Waals surface area contributed by atoms with E-state index in [0.717, 1.165) is 18.9 Å². The van der Waals surface area contributed by atoms with Crippen LogP contribution in [0.3, 0.4) is 0 Å². The average Bonchev–Trinajstić information content (AvgIpc) is 2.96. The number of carbonyl (C=O) groups excluding carboxylic acids is 1. The average molecular weight is 278 g/mol. The molecule has 2 aromatic rings. The second-order valence-electron chi connectivity index (χ2n) is 4.91. The molecule has 0 N–H and O–H groups in total. The lowest BCUT2D eigenvalue weighted by atomic mass is 10.1. The first-order valence-electron chi connectivity index (χ1n) is 6.42. The van der Waals surface area contributed by atoms with Gasteiger partial charge in [-0.25, -0.2) is 8.78 Å². The Bertz CT molecular complexity index is 634. The predicted molar refractivity (Wildman–Crippen MR) is 65.1 cm³/mol. The van der Waals surface area contributed by atoms with Gasteiger partial charge in [0.25, 0.3) is 0 Å². The van der Waals surface area contributed by atoms with E-state index in [1.807, 2.05) is 0 Å². The molecule has 0 amide bonds. The third-order valence-electron chi connectivity index (χ3n) is 3.37. The molecule has 104 valence electrons. The standard InChI is InChI=1S/C14H12F2N2O2/c15-9-4-8(5-10(16)7-9)6-13-17-14(20-18-13)11-2-1-3-12(11)19/h4-5,7,11H,1-3,6H2. The van der Waals surface area contributed by atoms with E-state index in [0.29, 0.717) is 23.7 Å². The van der Waals surface area contributed by atoms with Crippen LogP contribution < -0.4 is 0 Å². The molecule has 0 spiro atoms. The number of Topliss-reactive ketones (excluding diaryl/α,β-unsaturated/α-hetero) is 1. The van der Waals surface area contributed by atoms with E-state index in [4.69, 9.17) is 4.52 Å². The lowest BCUT2D eigenvalue weighted by Crippen LogP contribution is -2.04. The van der Waals surface area contributed by atoms with Gasteiger partial charge in [-0.2, -0.15) is 4.98 Å². The van der Waals surface area contributed by atoms with Crippen LogP contribution in [-0.2, 0) is 11.2 Å². The van der Waals surface area contributed by atoms with Gasteiger partial charge in [0.05, 0.1) is 5.92 Å². The number of rotatable bonds is 3. The zero-order valence-corrected chi connectivity index (χ0v) is 10.6. The number of hydrogen-bond acceptors (Lipinski definition) is 4. The van der Waals surface area contributed by atoms with Crippen LogP contribution in [0.5, 0.6) is 0 Å². The topological polar surface area (TPSA) is 56.0 Å². The Morgan fingerprint density at radius 3 is 2.65 bits per heavy atom. The lowest BCUT2D eigenvalue weighted by molar-refractivity contribution is -0.119. The van der Waals surface area contributed by atoms with E-state index in [9.17, 15) is 13.6 Å². The van der Waals surface area contributed by atoms with Gasteiger partial charge in [0.2, 0.25) is 5.89 Å². The van der Waals surface area contributed by atoms with Crippen LogP contribution in [0.2, 0.25) is 0 Å². The maximum absolute atomic E-state index is 13.1. The van der Waals surface area contributed by atoms with Crippen molar-refractivity contribution in [1.82, 2.24) is 10.1 Å². The largest absolute Gasteiger partial charge is 0.339 e. The van der Waals surface area contributed by atoms with Crippen LogP contribution in [0.1, 0.15) is 42.5 Å². The number of halogens is 2. The van der Waals surface area contributed by atoms with Gasteiger partial charge in [-0.05, 0) is 30.5 Å². The molecule has 1 fully saturated rings. The monoisotopic (exact) mass is 278 g/mol. The second kappa shape index (κ2) is 5.11. The number of benzene rings is 1. The first-order valence-corrected chi connectivity index (χ1v) is 6.42. The van der Waals surface area contributed by atoms with E-state index < -0.39 is 11.6 Å². The van der Waals surface area contributed by atoms with Gasteiger partial charge in [-0.15, -0.1) is 0 Å². The molecular weight excluding hydrogens is 266 g/mol. The highest BCUT2D eigenvalue weighted by atomic mass is 19.1.